The molecule has 2 rings (SSSR count). The maximum absolute atomic E-state index is 10.5. The smallest absolute Gasteiger partial charge is 0.374 e. The molecule has 2 heterocycles. The molecule has 0 bridgehead atoms. The summed E-state index contributed by atoms with van der Waals surface area (Å²) in [4.78, 5) is 10.5. The van der Waals surface area contributed by atoms with Crippen LogP contribution in [0.4, 0.5) is 0 Å². The van der Waals surface area contributed by atoms with Crippen LogP contribution in [-0.2, 0) is 12.8 Å². The van der Waals surface area contributed by atoms with Gasteiger partial charge >= 0.3 is 5.97 Å². The molecule has 15 heavy (non-hydrogen) atoms. The Balaban J connectivity index is 1.96. The Morgan fingerprint density at radius 3 is 3.00 bits per heavy atom. The normalized spacial score (nSPS) is 10.4. The van der Waals surface area contributed by atoms with E-state index in [1.165, 1.54) is 11.6 Å². The molecule has 1 N–H and O–H groups in total. The minimum atomic E-state index is -1.08. The standard InChI is InChI=1S/C10H9NO3S/c12-10(13)9-5-8(11-14-9)2-1-7-3-4-15-6-7/h3-6H,1-2H2,(H,12,13). The first-order chi connectivity index (χ1) is 7.25. The van der Waals surface area contributed by atoms with Gasteiger partial charge in [-0.15, -0.1) is 0 Å². The lowest BCUT2D eigenvalue weighted by atomic mass is 10.1. The lowest BCUT2D eigenvalue weighted by Gasteiger charge is -1.91. The van der Waals surface area contributed by atoms with Gasteiger partial charge in [0, 0.05) is 6.07 Å². The van der Waals surface area contributed by atoms with Gasteiger partial charge in [0.05, 0.1) is 5.69 Å². The van der Waals surface area contributed by atoms with Crippen molar-refractivity contribution in [3.05, 3.63) is 39.9 Å². The van der Waals surface area contributed by atoms with Gasteiger partial charge in [-0.05, 0) is 35.2 Å². The number of aromatic carboxylic acids is 1. The van der Waals surface area contributed by atoms with Gasteiger partial charge in [0.25, 0.3) is 0 Å². The maximum atomic E-state index is 10.5. The van der Waals surface area contributed by atoms with Crippen LogP contribution in [0, 0.1) is 0 Å². The summed E-state index contributed by atoms with van der Waals surface area (Å²) in [5.74, 6) is -1.18. The minimum Gasteiger partial charge on any atom is -0.475 e. The molecule has 2 aromatic rings. The number of hydrogen-bond donors (Lipinski definition) is 1. The van der Waals surface area contributed by atoms with Gasteiger partial charge in [0.1, 0.15) is 0 Å². The molecule has 5 heteroatoms. The van der Waals surface area contributed by atoms with Crippen molar-refractivity contribution in [1.29, 1.82) is 0 Å². The third kappa shape index (κ3) is 2.44. The molecule has 0 unspecified atom stereocenters. The van der Waals surface area contributed by atoms with Crippen LogP contribution in [0.1, 0.15) is 21.8 Å². The number of rotatable bonds is 4. The summed E-state index contributed by atoms with van der Waals surface area (Å²) in [6, 6.07) is 3.51. The highest BCUT2D eigenvalue weighted by Gasteiger charge is 2.10. The van der Waals surface area contributed by atoms with Crippen molar-refractivity contribution in [1.82, 2.24) is 5.16 Å². The SMILES string of the molecule is O=C(O)c1cc(CCc2ccsc2)no1. The summed E-state index contributed by atoms with van der Waals surface area (Å²) in [5.41, 5.74) is 1.92. The summed E-state index contributed by atoms with van der Waals surface area (Å²) in [5, 5.41) is 16.4. The molecular weight excluding hydrogens is 214 g/mol. The van der Waals surface area contributed by atoms with Crippen molar-refractivity contribution in [2.45, 2.75) is 12.8 Å². The molecule has 78 valence electrons. The predicted molar refractivity (Wildman–Crippen MR) is 55.2 cm³/mol. The Bertz CT molecular complexity index is 447. The van der Waals surface area contributed by atoms with Crippen LogP contribution in [-0.4, -0.2) is 16.2 Å². The average Bonchev–Trinajstić information content (AvgIpc) is 2.86. The largest absolute Gasteiger partial charge is 0.475 e. The monoisotopic (exact) mass is 223 g/mol. The molecule has 0 aliphatic carbocycles. The fourth-order valence-electron chi connectivity index (χ4n) is 1.24. The number of carboxylic acid groups (broad SMARTS) is 1. The highest BCUT2D eigenvalue weighted by molar-refractivity contribution is 7.07. The van der Waals surface area contributed by atoms with Crippen LogP contribution < -0.4 is 0 Å². The molecule has 0 radical (unpaired) electrons. The summed E-state index contributed by atoms with van der Waals surface area (Å²) < 4.78 is 4.65. The summed E-state index contributed by atoms with van der Waals surface area (Å²) in [6.07, 6.45) is 1.56. The number of aromatic nitrogens is 1. The van der Waals surface area contributed by atoms with Crippen molar-refractivity contribution in [3.63, 3.8) is 0 Å². The zero-order chi connectivity index (χ0) is 10.7. The van der Waals surface area contributed by atoms with Crippen LogP contribution in [0.5, 0.6) is 0 Å². The van der Waals surface area contributed by atoms with E-state index >= 15 is 0 Å². The van der Waals surface area contributed by atoms with Gasteiger partial charge in [0.15, 0.2) is 0 Å². The van der Waals surface area contributed by atoms with Crippen LogP contribution in [0.3, 0.4) is 0 Å². The lowest BCUT2D eigenvalue weighted by molar-refractivity contribution is 0.0652. The van der Waals surface area contributed by atoms with E-state index < -0.39 is 5.97 Å². The number of carbonyl (C=O) groups is 1. The van der Waals surface area contributed by atoms with Crippen molar-refractivity contribution in [2.24, 2.45) is 0 Å². The third-order valence-electron chi connectivity index (χ3n) is 2.02. The third-order valence-corrected chi connectivity index (χ3v) is 2.75. The zero-order valence-corrected chi connectivity index (χ0v) is 8.66. The topological polar surface area (TPSA) is 63.3 Å². The first-order valence-corrected chi connectivity index (χ1v) is 5.40. The minimum absolute atomic E-state index is 0.102. The fourth-order valence-corrected chi connectivity index (χ4v) is 1.94. The molecular formula is C10H9NO3S. The molecule has 2 aromatic heterocycles. The quantitative estimate of drug-likeness (QED) is 0.863. The predicted octanol–water partition coefficient (Wildman–Crippen LogP) is 2.22. The van der Waals surface area contributed by atoms with Crippen LogP contribution in [0.15, 0.2) is 27.4 Å². The second-order valence-electron chi connectivity index (χ2n) is 3.12. The Labute approximate surface area is 90.1 Å². The van der Waals surface area contributed by atoms with E-state index in [0.29, 0.717) is 12.1 Å². The zero-order valence-electron chi connectivity index (χ0n) is 7.84. The molecule has 0 aliphatic heterocycles. The van der Waals surface area contributed by atoms with E-state index in [1.54, 1.807) is 11.3 Å². The van der Waals surface area contributed by atoms with Crippen LogP contribution >= 0.6 is 11.3 Å². The van der Waals surface area contributed by atoms with E-state index in [9.17, 15) is 4.79 Å². The molecule has 0 spiro atoms. The number of nitrogens with zero attached hydrogens (tertiary/aromatic N) is 1. The van der Waals surface area contributed by atoms with Crippen molar-refractivity contribution in [3.8, 4) is 0 Å². The van der Waals surface area contributed by atoms with Crippen LogP contribution in [0.25, 0.3) is 0 Å². The van der Waals surface area contributed by atoms with Gasteiger partial charge in [-0.2, -0.15) is 11.3 Å². The molecule has 0 fully saturated rings. The Hall–Kier alpha value is -1.62. The Kier molecular flexibility index (Phi) is 2.82. The van der Waals surface area contributed by atoms with Crippen molar-refractivity contribution in [2.75, 3.05) is 0 Å². The summed E-state index contributed by atoms with van der Waals surface area (Å²) in [6.45, 7) is 0. The number of aryl methyl sites for hydroxylation is 2. The van der Waals surface area contributed by atoms with Crippen molar-refractivity contribution >= 4 is 17.3 Å². The number of hydrogen-bond acceptors (Lipinski definition) is 4. The molecule has 0 aliphatic rings. The maximum Gasteiger partial charge on any atom is 0.374 e. The second kappa shape index (κ2) is 4.27. The van der Waals surface area contributed by atoms with Crippen LogP contribution in [0.2, 0.25) is 0 Å². The van der Waals surface area contributed by atoms with Gasteiger partial charge in [-0.1, -0.05) is 5.16 Å². The first-order valence-electron chi connectivity index (χ1n) is 4.45. The van der Waals surface area contributed by atoms with E-state index in [2.05, 4.69) is 15.1 Å². The van der Waals surface area contributed by atoms with Gasteiger partial charge in [-0.25, -0.2) is 4.79 Å². The lowest BCUT2D eigenvalue weighted by Crippen LogP contribution is -1.92. The number of carboxylic acids is 1. The molecule has 0 amide bonds. The molecule has 4 nitrogen and oxygen atoms in total. The Morgan fingerprint density at radius 1 is 1.53 bits per heavy atom. The fraction of sp³-hybridized carbons (Fsp3) is 0.200. The second-order valence-corrected chi connectivity index (χ2v) is 3.90. The van der Waals surface area contributed by atoms with E-state index in [-0.39, 0.29) is 5.76 Å². The molecule has 0 saturated carbocycles. The first kappa shape index (κ1) is 9.92. The summed E-state index contributed by atoms with van der Waals surface area (Å²) >= 11 is 1.65. The molecule has 0 aromatic carbocycles. The van der Waals surface area contributed by atoms with E-state index in [1.807, 2.05) is 11.4 Å². The highest BCUT2D eigenvalue weighted by atomic mass is 32.1. The van der Waals surface area contributed by atoms with Gasteiger partial charge in [-0.3, -0.25) is 0 Å². The molecule has 0 atom stereocenters. The van der Waals surface area contributed by atoms with E-state index in [4.69, 9.17) is 5.11 Å². The number of thiophene rings is 1. The average molecular weight is 223 g/mol. The van der Waals surface area contributed by atoms with Gasteiger partial charge < -0.3 is 9.63 Å². The van der Waals surface area contributed by atoms with E-state index in [0.717, 1.165) is 6.42 Å². The molecule has 0 saturated heterocycles. The summed E-state index contributed by atoms with van der Waals surface area (Å²) in [7, 11) is 0. The van der Waals surface area contributed by atoms with Gasteiger partial charge in [0.2, 0.25) is 5.76 Å². The highest BCUT2D eigenvalue weighted by Crippen LogP contribution is 2.11. The van der Waals surface area contributed by atoms with Crippen molar-refractivity contribution < 1.29 is 14.4 Å². The Morgan fingerprint density at radius 2 is 2.40 bits per heavy atom.